The fraction of sp³-hybridized carbons (Fsp3) is 0.160. The molecule has 4 aromatic rings. The fourth-order valence-electron chi connectivity index (χ4n) is 4.01. The van der Waals surface area contributed by atoms with Gasteiger partial charge in [0, 0.05) is 72.4 Å². The summed E-state index contributed by atoms with van der Waals surface area (Å²) in [5.41, 5.74) is 4.41. The summed E-state index contributed by atoms with van der Waals surface area (Å²) in [6.45, 7) is 3.85. The molecule has 4 heterocycles. The molecule has 5 rings (SSSR count). The average molecular weight is 475 g/mol. The predicted molar refractivity (Wildman–Crippen MR) is 134 cm³/mol. The standard InChI is InChI=1S/C25H20Cl2N6/c26-21-2-1-3-22(27)24(21)17(12-28)10-19-15-32-25-20(19)11-18(14-31-25)16-4-5-23(30-13-16)33-8-6-29-7-9-33/h1-5,10-11,13-15,29H,6-9H2,(H,31,32). The van der Waals surface area contributed by atoms with Crippen LogP contribution in [-0.2, 0) is 0 Å². The number of nitrogens with one attached hydrogen (secondary N) is 2. The number of rotatable bonds is 4. The zero-order chi connectivity index (χ0) is 22.8. The third-order valence-corrected chi connectivity index (χ3v) is 6.37. The fourth-order valence-corrected chi connectivity index (χ4v) is 4.61. The number of H-pyrrole nitrogens is 1. The molecule has 3 aromatic heterocycles. The lowest BCUT2D eigenvalue weighted by Crippen LogP contribution is -2.43. The molecule has 1 fully saturated rings. The molecule has 1 aromatic carbocycles. The summed E-state index contributed by atoms with van der Waals surface area (Å²) in [5.74, 6) is 0.981. The van der Waals surface area contributed by atoms with E-state index in [1.807, 2.05) is 18.6 Å². The first-order chi connectivity index (χ1) is 16.1. The molecular weight excluding hydrogens is 455 g/mol. The SMILES string of the molecule is N#CC(=Cc1c[nH]c2ncc(-c3ccc(N4CCNCC4)nc3)cc12)c1c(Cl)cccc1Cl. The Kier molecular flexibility index (Phi) is 6.01. The van der Waals surface area contributed by atoms with Crippen LogP contribution in [0.4, 0.5) is 5.82 Å². The minimum atomic E-state index is 0.388. The maximum absolute atomic E-state index is 9.79. The molecule has 33 heavy (non-hydrogen) atoms. The summed E-state index contributed by atoms with van der Waals surface area (Å²) in [6, 6.07) is 13.6. The highest BCUT2D eigenvalue weighted by molar-refractivity contribution is 6.38. The summed E-state index contributed by atoms with van der Waals surface area (Å²) in [6.07, 6.45) is 7.31. The van der Waals surface area contributed by atoms with E-state index in [-0.39, 0.29) is 0 Å². The number of benzene rings is 1. The second kappa shape index (κ2) is 9.24. The van der Waals surface area contributed by atoms with E-state index in [0.29, 0.717) is 21.2 Å². The zero-order valence-electron chi connectivity index (χ0n) is 17.6. The van der Waals surface area contributed by atoms with Gasteiger partial charge in [-0.15, -0.1) is 0 Å². The van der Waals surface area contributed by atoms with E-state index >= 15 is 0 Å². The normalized spacial score (nSPS) is 14.5. The second-order valence-electron chi connectivity index (χ2n) is 7.77. The minimum absolute atomic E-state index is 0.388. The molecule has 1 aliphatic rings. The van der Waals surface area contributed by atoms with Gasteiger partial charge in [0.25, 0.3) is 0 Å². The van der Waals surface area contributed by atoms with E-state index in [4.69, 9.17) is 23.2 Å². The van der Waals surface area contributed by atoms with E-state index < -0.39 is 0 Å². The van der Waals surface area contributed by atoms with Crippen LogP contribution in [0.5, 0.6) is 0 Å². The van der Waals surface area contributed by atoms with Gasteiger partial charge in [-0.2, -0.15) is 5.26 Å². The maximum Gasteiger partial charge on any atom is 0.137 e. The summed E-state index contributed by atoms with van der Waals surface area (Å²) in [7, 11) is 0. The van der Waals surface area contributed by atoms with Crippen LogP contribution >= 0.6 is 23.2 Å². The third kappa shape index (κ3) is 4.31. The number of aromatic nitrogens is 3. The van der Waals surface area contributed by atoms with E-state index in [1.165, 1.54) is 0 Å². The van der Waals surface area contributed by atoms with E-state index in [2.05, 4.69) is 49.4 Å². The quantitative estimate of drug-likeness (QED) is 0.386. The Hall–Kier alpha value is -3.37. The van der Waals surface area contributed by atoms with Crippen molar-refractivity contribution >= 4 is 51.7 Å². The van der Waals surface area contributed by atoms with Gasteiger partial charge in [-0.05, 0) is 36.4 Å². The number of allylic oxidation sites excluding steroid dienone is 1. The first-order valence-corrected chi connectivity index (χ1v) is 11.3. The van der Waals surface area contributed by atoms with Gasteiger partial charge >= 0.3 is 0 Å². The van der Waals surface area contributed by atoms with Crippen molar-refractivity contribution in [1.82, 2.24) is 20.3 Å². The summed E-state index contributed by atoms with van der Waals surface area (Å²) >= 11 is 12.7. The molecular formula is C25H20Cl2N6. The monoisotopic (exact) mass is 474 g/mol. The number of nitrogens with zero attached hydrogens (tertiary/aromatic N) is 4. The number of hydrogen-bond acceptors (Lipinski definition) is 5. The molecule has 164 valence electrons. The van der Waals surface area contributed by atoms with E-state index in [9.17, 15) is 5.26 Å². The Labute approximate surface area is 201 Å². The van der Waals surface area contributed by atoms with Crippen molar-refractivity contribution in [3.05, 3.63) is 76.2 Å². The van der Waals surface area contributed by atoms with E-state index in [1.54, 1.807) is 24.3 Å². The van der Waals surface area contributed by atoms with Crippen LogP contribution < -0.4 is 10.2 Å². The van der Waals surface area contributed by atoms with Gasteiger partial charge in [-0.1, -0.05) is 29.3 Å². The van der Waals surface area contributed by atoms with Crippen molar-refractivity contribution in [2.45, 2.75) is 0 Å². The number of aromatic amines is 1. The van der Waals surface area contributed by atoms with Gasteiger partial charge in [-0.25, -0.2) is 9.97 Å². The van der Waals surface area contributed by atoms with Crippen LogP contribution in [0.25, 0.3) is 33.8 Å². The smallest absolute Gasteiger partial charge is 0.137 e. The van der Waals surface area contributed by atoms with Crippen molar-refractivity contribution in [3.63, 3.8) is 0 Å². The van der Waals surface area contributed by atoms with Crippen LogP contribution in [-0.4, -0.2) is 41.1 Å². The van der Waals surface area contributed by atoms with Crippen LogP contribution in [0.3, 0.4) is 0 Å². The van der Waals surface area contributed by atoms with Crippen molar-refractivity contribution in [3.8, 4) is 17.2 Å². The van der Waals surface area contributed by atoms with Gasteiger partial charge in [0.1, 0.15) is 11.5 Å². The second-order valence-corrected chi connectivity index (χ2v) is 8.59. The van der Waals surface area contributed by atoms with Gasteiger partial charge in [-0.3, -0.25) is 0 Å². The number of nitriles is 1. The first-order valence-electron chi connectivity index (χ1n) is 10.6. The highest BCUT2D eigenvalue weighted by atomic mass is 35.5. The van der Waals surface area contributed by atoms with Crippen molar-refractivity contribution in [1.29, 1.82) is 5.26 Å². The maximum atomic E-state index is 9.79. The number of halogens is 2. The molecule has 1 saturated heterocycles. The van der Waals surface area contributed by atoms with Crippen LogP contribution in [0, 0.1) is 11.3 Å². The van der Waals surface area contributed by atoms with Gasteiger partial charge in [0.2, 0.25) is 0 Å². The highest BCUT2D eigenvalue weighted by Gasteiger charge is 2.14. The summed E-state index contributed by atoms with van der Waals surface area (Å²) in [4.78, 5) is 14.7. The predicted octanol–water partition coefficient (Wildman–Crippen LogP) is 5.41. The lowest BCUT2D eigenvalue weighted by Gasteiger charge is -2.28. The Balaban J connectivity index is 1.50. The van der Waals surface area contributed by atoms with Crippen molar-refractivity contribution in [2.24, 2.45) is 0 Å². The number of anilines is 1. The number of pyridine rings is 2. The Morgan fingerprint density at radius 3 is 2.48 bits per heavy atom. The molecule has 0 atom stereocenters. The molecule has 0 aliphatic carbocycles. The van der Waals surface area contributed by atoms with Crippen molar-refractivity contribution < 1.29 is 0 Å². The molecule has 0 saturated carbocycles. The molecule has 1 aliphatic heterocycles. The average Bonchev–Trinajstić information content (AvgIpc) is 3.26. The van der Waals surface area contributed by atoms with Gasteiger partial charge < -0.3 is 15.2 Å². The molecule has 2 N–H and O–H groups in total. The van der Waals surface area contributed by atoms with Crippen LogP contribution in [0.1, 0.15) is 11.1 Å². The molecule has 0 bridgehead atoms. The van der Waals surface area contributed by atoms with Gasteiger partial charge in [0.15, 0.2) is 0 Å². The zero-order valence-corrected chi connectivity index (χ0v) is 19.2. The Morgan fingerprint density at radius 2 is 1.79 bits per heavy atom. The lowest BCUT2D eigenvalue weighted by molar-refractivity contribution is 0.585. The van der Waals surface area contributed by atoms with Crippen LogP contribution in [0.15, 0.2) is 55.0 Å². The first kappa shape index (κ1) is 21.5. The minimum Gasteiger partial charge on any atom is -0.354 e. The molecule has 0 spiro atoms. The van der Waals surface area contributed by atoms with Crippen molar-refractivity contribution in [2.75, 3.05) is 31.1 Å². The Bertz CT molecular complexity index is 1360. The number of piperazine rings is 1. The Morgan fingerprint density at radius 1 is 1.03 bits per heavy atom. The number of hydrogen-bond donors (Lipinski definition) is 2. The molecule has 6 nitrogen and oxygen atoms in total. The van der Waals surface area contributed by atoms with E-state index in [0.717, 1.165) is 59.7 Å². The van der Waals surface area contributed by atoms with Gasteiger partial charge in [0.05, 0.1) is 21.7 Å². The summed E-state index contributed by atoms with van der Waals surface area (Å²) in [5, 5.41) is 14.9. The summed E-state index contributed by atoms with van der Waals surface area (Å²) < 4.78 is 0. The van der Waals surface area contributed by atoms with Crippen LogP contribution in [0.2, 0.25) is 10.0 Å². The largest absolute Gasteiger partial charge is 0.354 e. The highest BCUT2D eigenvalue weighted by Crippen LogP contribution is 2.33. The topological polar surface area (TPSA) is 80.6 Å². The third-order valence-electron chi connectivity index (χ3n) is 5.74. The lowest BCUT2D eigenvalue weighted by atomic mass is 10.0. The molecule has 0 unspecified atom stereocenters. The molecule has 0 amide bonds. The number of fused-ring (bicyclic) bond motifs is 1. The molecule has 8 heteroatoms. The molecule has 0 radical (unpaired) electrons.